The van der Waals surface area contributed by atoms with Gasteiger partial charge in [0.15, 0.2) is 0 Å². The standard InChI is InChI=1S/3C8H13O3.Fe/c3*1-3-5-6(8(10)11)7(9)4-2;/h3*6H,1,3-5H2,2H3,(H,10,11);/q3*-1;+3. The van der Waals surface area contributed by atoms with E-state index >= 15 is 0 Å². The van der Waals surface area contributed by atoms with Crippen molar-refractivity contribution >= 4 is 35.3 Å². The Hall–Kier alpha value is -2.06. The summed E-state index contributed by atoms with van der Waals surface area (Å²) in [5.41, 5.74) is 0. The minimum Gasteiger partial charge on any atom is -0.481 e. The maximum atomic E-state index is 10.9. The molecule has 0 aliphatic carbocycles. The molecule has 0 spiro atoms. The van der Waals surface area contributed by atoms with E-state index in [1.807, 2.05) is 0 Å². The molecule has 0 saturated heterocycles. The van der Waals surface area contributed by atoms with Gasteiger partial charge in [0.25, 0.3) is 0 Å². The summed E-state index contributed by atoms with van der Waals surface area (Å²) < 4.78 is 0. The smallest absolute Gasteiger partial charge is 0.481 e. The number of hydrogen-bond donors (Lipinski definition) is 3. The van der Waals surface area contributed by atoms with Crippen LogP contribution in [0.5, 0.6) is 0 Å². The molecule has 0 aromatic rings. The summed E-state index contributed by atoms with van der Waals surface area (Å²) in [5.74, 6) is -6.21. The number of ketones is 3. The number of rotatable bonds is 15. The molecule has 0 heterocycles. The minimum absolute atomic E-state index is 0. The van der Waals surface area contributed by atoms with Crippen molar-refractivity contribution in [3.05, 3.63) is 20.8 Å². The summed E-state index contributed by atoms with van der Waals surface area (Å²) in [6.07, 6.45) is 3.38. The van der Waals surface area contributed by atoms with Crippen molar-refractivity contribution in [2.75, 3.05) is 0 Å². The first-order chi connectivity index (χ1) is 15.4. The van der Waals surface area contributed by atoms with E-state index in [4.69, 9.17) is 15.3 Å². The molecule has 197 valence electrons. The Morgan fingerprint density at radius 3 is 0.794 bits per heavy atom. The van der Waals surface area contributed by atoms with Crippen LogP contribution in [0.3, 0.4) is 0 Å². The molecule has 0 aromatic carbocycles. The molecule has 9 nitrogen and oxygen atoms in total. The fourth-order valence-electron chi connectivity index (χ4n) is 2.62. The molecule has 1 radical (unpaired) electrons. The molecular formula is C24H39FeO9. The first-order valence-electron chi connectivity index (χ1n) is 11.0. The van der Waals surface area contributed by atoms with E-state index < -0.39 is 35.7 Å². The summed E-state index contributed by atoms with van der Waals surface area (Å²) >= 11 is 0. The zero-order chi connectivity index (χ0) is 26.6. The van der Waals surface area contributed by atoms with E-state index in [0.29, 0.717) is 38.5 Å². The molecule has 0 rings (SSSR count). The van der Waals surface area contributed by atoms with Crippen LogP contribution in [0.15, 0.2) is 0 Å². The molecule has 0 aliphatic heterocycles. The second-order valence-corrected chi connectivity index (χ2v) is 7.06. The molecule has 0 amide bonds. The summed E-state index contributed by atoms with van der Waals surface area (Å²) in [5, 5.41) is 25.7. The predicted octanol–water partition coefficient (Wildman–Crippen LogP) is 3.84. The molecular weight excluding hydrogens is 488 g/mol. The van der Waals surface area contributed by atoms with Crippen molar-refractivity contribution in [3.63, 3.8) is 0 Å². The fourth-order valence-corrected chi connectivity index (χ4v) is 2.62. The molecule has 34 heavy (non-hydrogen) atoms. The van der Waals surface area contributed by atoms with Crippen molar-refractivity contribution < 1.29 is 61.2 Å². The molecule has 10 heteroatoms. The summed E-state index contributed by atoms with van der Waals surface area (Å²) in [6.45, 7) is 15.5. The van der Waals surface area contributed by atoms with Gasteiger partial charge in [-0.25, -0.2) is 0 Å². The van der Waals surface area contributed by atoms with Crippen LogP contribution in [0, 0.1) is 38.5 Å². The molecule has 0 bridgehead atoms. The third kappa shape index (κ3) is 18.4. The van der Waals surface area contributed by atoms with Crippen molar-refractivity contribution in [3.8, 4) is 0 Å². The Balaban J connectivity index is -0.000000196. The second kappa shape index (κ2) is 24.1. The number of carboxylic acid groups (broad SMARTS) is 3. The minimum atomic E-state index is -1.03. The van der Waals surface area contributed by atoms with Gasteiger partial charge in [0.2, 0.25) is 0 Å². The van der Waals surface area contributed by atoms with Crippen LogP contribution >= 0.6 is 0 Å². The summed E-state index contributed by atoms with van der Waals surface area (Å²) in [6, 6.07) is 0. The Morgan fingerprint density at radius 2 is 0.706 bits per heavy atom. The summed E-state index contributed by atoms with van der Waals surface area (Å²) in [7, 11) is 0. The maximum Gasteiger partial charge on any atom is 3.00 e. The van der Waals surface area contributed by atoms with Gasteiger partial charge >= 0.3 is 35.0 Å². The third-order valence-electron chi connectivity index (χ3n) is 4.58. The van der Waals surface area contributed by atoms with E-state index in [9.17, 15) is 28.8 Å². The van der Waals surface area contributed by atoms with Crippen LogP contribution in [0.1, 0.15) is 78.6 Å². The van der Waals surface area contributed by atoms with Crippen LogP contribution in [0.25, 0.3) is 0 Å². The number of Topliss-reactive ketones (excluding diaryl/α,β-unsaturated/α-hetero) is 3. The van der Waals surface area contributed by atoms with E-state index in [2.05, 4.69) is 20.8 Å². The quantitative estimate of drug-likeness (QED) is 0.163. The Morgan fingerprint density at radius 1 is 0.529 bits per heavy atom. The van der Waals surface area contributed by atoms with Crippen LogP contribution < -0.4 is 0 Å². The fraction of sp³-hybridized carbons (Fsp3) is 0.625. The molecule has 3 atom stereocenters. The van der Waals surface area contributed by atoms with Crippen LogP contribution in [0.4, 0.5) is 0 Å². The normalized spacial score (nSPS) is 12.2. The van der Waals surface area contributed by atoms with E-state index in [0.717, 1.165) is 0 Å². The van der Waals surface area contributed by atoms with Crippen LogP contribution in [-0.4, -0.2) is 50.6 Å². The number of hydrogen-bond acceptors (Lipinski definition) is 6. The predicted molar refractivity (Wildman–Crippen MR) is 123 cm³/mol. The van der Waals surface area contributed by atoms with Crippen LogP contribution in [-0.2, 0) is 45.8 Å². The molecule has 3 N–H and O–H groups in total. The number of carbonyl (C=O) groups excluding carboxylic acids is 3. The molecule has 0 saturated carbocycles. The van der Waals surface area contributed by atoms with Gasteiger partial charge in [-0.1, -0.05) is 40.0 Å². The van der Waals surface area contributed by atoms with E-state index in [1.54, 1.807) is 20.8 Å². The Labute approximate surface area is 213 Å². The van der Waals surface area contributed by atoms with Crippen molar-refractivity contribution in [2.24, 2.45) is 17.8 Å². The van der Waals surface area contributed by atoms with Crippen molar-refractivity contribution in [2.45, 2.75) is 78.6 Å². The largest absolute Gasteiger partial charge is 3.00 e. The zero-order valence-electron chi connectivity index (χ0n) is 20.4. The van der Waals surface area contributed by atoms with Crippen molar-refractivity contribution in [1.29, 1.82) is 0 Å². The topological polar surface area (TPSA) is 163 Å². The summed E-state index contributed by atoms with van der Waals surface area (Å²) in [4.78, 5) is 64.1. The van der Waals surface area contributed by atoms with E-state index in [1.165, 1.54) is 0 Å². The monoisotopic (exact) mass is 527 g/mol. The average Bonchev–Trinajstić information content (AvgIpc) is 2.78. The number of carbonyl (C=O) groups is 6. The third-order valence-corrected chi connectivity index (χ3v) is 4.58. The van der Waals surface area contributed by atoms with Crippen LogP contribution in [0.2, 0.25) is 0 Å². The number of aliphatic carboxylic acids is 3. The SMILES string of the molecule is [CH2-]CCC(C(=O)O)C(=O)CC.[CH2-]CCC(C(=O)O)C(=O)CC.[CH2-]CCC(C(=O)O)C(=O)CC.[Fe+3]. The van der Waals surface area contributed by atoms with Gasteiger partial charge in [0, 0.05) is 19.3 Å². The molecule has 0 aliphatic rings. The van der Waals surface area contributed by atoms with E-state index in [-0.39, 0.29) is 53.7 Å². The maximum absolute atomic E-state index is 10.9. The van der Waals surface area contributed by atoms with Crippen molar-refractivity contribution in [1.82, 2.24) is 0 Å². The van der Waals surface area contributed by atoms with Gasteiger partial charge in [0.1, 0.15) is 35.1 Å². The number of carboxylic acids is 3. The van der Waals surface area contributed by atoms with Gasteiger partial charge in [0.05, 0.1) is 0 Å². The van der Waals surface area contributed by atoms with Gasteiger partial charge in [-0.2, -0.15) is 19.3 Å². The Bertz CT molecular complexity index is 546. The molecule has 0 aromatic heterocycles. The molecule has 0 fully saturated rings. The van der Waals surface area contributed by atoms with Gasteiger partial charge in [-0.05, 0) is 0 Å². The van der Waals surface area contributed by atoms with Gasteiger partial charge in [-0.15, -0.1) is 0 Å². The first kappa shape index (κ1) is 39.2. The Kier molecular flexibility index (Phi) is 27.7. The zero-order valence-corrected chi connectivity index (χ0v) is 21.5. The molecule has 3 unspecified atom stereocenters. The first-order valence-corrected chi connectivity index (χ1v) is 11.0. The van der Waals surface area contributed by atoms with Gasteiger partial charge < -0.3 is 36.1 Å². The van der Waals surface area contributed by atoms with Gasteiger partial charge in [-0.3, -0.25) is 28.8 Å². The average molecular weight is 527 g/mol. The second-order valence-electron chi connectivity index (χ2n) is 7.06.